The Morgan fingerprint density at radius 1 is 1.08 bits per heavy atom. The fraction of sp³-hybridized carbons (Fsp3) is 0.368. The monoisotopic (exact) mass is 359 g/mol. The largest absolute Gasteiger partial charge is 0.484 e. The van der Waals surface area contributed by atoms with Crippen LogP contribution in [0.1, 0.15) is 39.2 Å². The maximum atomic E-state index is 14.5. The van der Waals surface area contributed by atoms with Crippen LogP contribution >= 0.6 is 9.24 Å². The minimum Gasteiger partial charge on any atom is -0.484 e. The Morgan fingerprint density at radius 2 is 1.72 bits per heavy atom. The van der Waals surface area contributed by atoms with Gasteiger partial charge in [-0.2, -0.15) is 0 Å². The molecule has 3 aromatic rings. The van der Waals surface area contributed by atoms with Crippen molar-refractivity contribution in [2.24, 2.45) is 0 Å². The average Bonchev–Trinajstić information content (AvgIpc) is 2.83. The van der Waals surface area contributed by atoms with Gasteiger partial charge in [0, 0.05) is 18.0 Å². The molecule has 3 rings (SSSR count). The molecule has 1 atom stereocenters. The van der Waals surface area contributed by atoms with E-state index < -0.39 is 5.67 Å². The lowest BCUT2D eigenvalue weighted by atomic mass is 10.1. The molecule has 6 heteroatoms. The second-order valence-corrected chi connectivity index (χ2v) is 8.65. The lowest BCUT2D eigenvalue weighted by molar-refractivity contribution is 0.205. The number of alkyl halides is 1. The molecule has 2 aromatic heterocycles. The summed E-state index contributed by atoms with van der Waals surface area (Å²) in [7, 11) is 2.66. The number of benzene rings is 1. The van der Waals surface area contributed by atoms with Crippen molar-refractivity contribution in [1.29, 1.82) is 0 Å². The number of rotatable bonds is 4. The summed E-state index contributed by atoms with van der Waals surface area (Å²) in [5, 5.41) is -0.321. The minimum atomic E-state index is -1.54. The highest BCUT2D eigenvalue weighted by Gasteiger charge is 2.26. The molecule has 2 heterocycles. The zero-order chi connectivity index (χ0) is 18.4. The van der Waals surface area contributed by atoms with Crippen LogP contribution < -0.4 is 4.74 Å². The van der Waals surface area contributed by atoms with Crippen molar-refractivity contribution in [3.05, 3.63) is 48.2 Å². The fourth-order valence-corrected chi connectivity index (χ4v) is 2.84. The third kappa shape index (κ3) is 3.82. The summed E-state index contributed by atoms with van der Waals surface area (Å²) >= 11 is 0. The van der Waals surface area contributed by atoms with Crippen molar-refractivity contribution in [3.8, 4) is 16.9 Å². The Balaban J connectivity index is 2.02. The standard InChI is InChI=1S/C19H23FN3OP/c1-12-16-21-10-14(11-23(16)17(22-12)18(2,3)20)13-6-8-15(9-7-13)24-19(4,5)25/h6-11H,25H2,1-5H3. The molecule has 0 saturated carbocycles. The molecule has 0 spiro atoms. The van der Waals surface area contributed by atoms with E-state index in [1.807, 2.05) is 51.2 Å². The average molecular weight is 359 g/mol. The van der Waals surface area contributed by atoms with Crippen molar-refractivity contribution in [1.82, 2.24) is 14.4 Å². The number of ether oxygens (including phenoxy) is 1. The van der Waals surface area contributed by atoms with Gasteiger partial charge in [0.05, 0.1) is 5.69 Å². The van der Waals surface area contributed by atoms with Crippen molar-refractivity contribution in [3.63, 3.8) is 0 Å². The second kappa shape index (κ2) is 6.06. The van der Waals surface area contributed by atoms with E-state index in [-0.39, 0.29) is 5.34 Å². The summed E-state index contributed by atoms with van der Waals surface area (Å²) < 4.78 is 22.0. The number of hydrogen-bond acceptors (Lipinski definition) is 3. The molecule has 0 bridgehead atoms. The van der Waals surface area contributed by atoms with Crippen molar-refractivity contribution < 1.29 is 9.13 Å². The van der Waals surface area contributed by atoms with Crippen LogP contribution in [0.5, 0.6) is 5.75 Å². The van der Waals surface area contributed by atoms with Crippen LogP contribution in [0.15, 0.2) is 36.7 Å². The van der Waals surface area contributed by atoms with E-state index in [2.05, 4.69) is 19.2 Å². The lowest BCUT2D eigenvalue weighted by Gasteiger charge is -2.21. The molecule has 0 N–H and O–H groups in total. The molecule has 0 aliphatic carbocycles. The Kier molecular flexibility index (Phi) is 4.32. The van der Waals surface area contributed by atoms with Gasteiger partial charge >= 0.3 is 0 Å². The quantitative estimate of drug-likeness (QED) is 0.622. The smallest absolute Gasteiger partial charge is 0.163 e. The van der Waals surface area contributed by atoms with E-state index in [1.54, 1.807) is 10.6 Å². The van der Waals surface area contributed by atoms with E-state index in [0.717, 1.165) is 22.6 Å². The maximum absolute atomic E-state index is 14.5. The first kappa shape index (κ1) is 17.8. The summed E-state index contributed by atoms with van der Waals surface area (Å²) in [5.74, 6) is 1.15. The third-order valence-electron chi connectivity index (χ3n) is 3.75. The maximum Gasteiger partial charge on any atom is 0.163 e. The zero-order valence-electron chi connectivity index (χ0n) is 15.2. The molecular weight excluding hydrogens is 336 g/mol. The van der Waals surface area contributed by atoms with Gasteiger partial charge in [-0.3, -0.25) is 4.40 Å². The van der Waals surface area contributed by atoms with E-state index in [9.17, 15) is 4.39 Å². The summed E-state index contributed by atoms with van der Waals surface area (Å²) in [4.78, 5) is 8.83. The molecular formula is C19H23FN3OP. The summed E-state index contributed by atoms with van der Waals surface area (Å²) in [5.41, 5.74) is 1.73. The van der Waals surface area contributed by atoms with Gasteiger partial charge in [-0.1, -0.05) is 21.4 Å². The number of nitrogens with zero attached hydrogens (tertiary/aromatic N) is 3. The highest BCUT2D eigenvalue weighted by Crippen LogP contribution is 2.29. The normalized spacial score (nSPS) is 12.6. The predicted molar refractivity (Wildman–Crippen MR) is 102 cm³/mol. The first-order valence-corrected chi connectivity index (χ1v) is 8.75. The molecule has 1 unspecified atom stereocenters. The molecule has 0 radical (unpaired) electrons. The van der Waals surface area contributed by atoms with Crippen LogP contribution in [-0.4, -0.2) is 19.7 Å². The molecule has 0 aliphatic rings. The van der Waals surface area contributed by atoms with Gasteiger partial charge in [-0.15, -0.1) is 0 Å². The predicted octanol–water partition coefficient (Wildman–Crippen LogP) is 4.90. The number of aryl methyl sites for hydroxylation is 1. The Morgan fingerprint density at radius 3 is 2.28 bits per heavy atom. The number of aromatic nitrogens is 3. The van der Waals surface area contributed by atoms with Crippen LogP contribution in [0.2, 0.25) is 0 Å². The van der Waals surface area contributed by atoms with Crippen LogP contribution in [0.3, 0.4) is 0 Å². The summed E-state index contributed by atoms with van der Waals surface area (Å²) in [6, 6.07) is 7.78. The molecule has 4 nitrogen and oxygen atoms in total. The van der Waals surface area contributed by atoms with Gasteiger partial charge in [0.25, 0.3) is 0 Å². The fourth-order valence-electron chi connectivity index (χ4n) is 2.71. The van der Waals surface area contributed by atoms with Gasteiger partial charge in [-0.25, -0.2) is 14.4 Å². The number of imidazole rings is 1. The second-order valence-electron chi connectivity index (χ2n) is 7.26. The molecule has 25 heavy (non-hydrogen) atoms. The Labute approximate surface area is 149 Å². The number of halogens is 1. The molecule has 0 saturated heterocycles. The molecule has 1 aromatic carbocycles. The van der Waals surface area contributed by atoms with E-state index in [0.29, 0.717) is 11.5 Å². The van der Waals surface area contributed by atoms with E-state index in [4.69, 9.17) is 4.74 Å². The minimum absolute atomic E-state index is 0.321. The zero-order valence-corrected chi connectivity index (χ0v) is 16.3. The first-order chi connectivity index (χ1) is 11.5. The molecule has 0 amide bonds. The van der Waals surface area contributed by atoms with Gasteiger partial charge in [0.2, 0.25) is 0 Å². The van der Waals surface area contributed by atoms with Crippen molar-refractivity contribution >= 4 is 14.9 Å². The summed E-state index contributed by atoms with van der Waals surface area (Å²) in [6.45, 7) is 8.80. The first-order valence-electron chi connectivity index (χ1n) is 8.17. The van der Waals surface area contributed by atoms with Crippen LogP contribution in [-0.2, 0) is 5.67 Å². The van der Waals surface area contributed by atoms with Crippen molar-refractivity contribution in [2.75, 3.05) is 0 Å². The highest BCUT2D eigenvalue weighted by molar-refractivity contribution is 7.18. The van der Waals surface area contributed by atoms with Crippen LogP contribution in [0.25, 0.3) is 16.8 Å². The Hall–Kier alpha value is -2.00. The number of hydrogen-bond donors (Lipinski definition) is 0. The van der Waals surface area contributed by atoms with Crippen molar-refractivity contribution in [2.45, 2.75) is 45.6 Å². The van der Waals surface area contributed by atoms with E-state index >= 15 is 0 Å². The topological polar surface area (TPSA) is 39.4 Å². The lowest BCUT2D eigenvalue weighted by Crippen LogP contribution is -2.18. The number of fused-ring (bicyclic) bond motifs is 1. The summed E-state index contributed by atoms with van der Waals surface area (Å²) in [6.07, 6.45) is 3.67. The van der Waals surface area contributed by atoms with E-state index in [1.165, 1.54) is 13.8 Å². The third-order valence-corrected chi connectivity index (χ3v) is 3.87. The van der Waals surface area contributed by atoms with Crippen LogP contribution in [0.4, 0.5) is 4.39 Å². The SMILES string of the molecule is Cc1nc(C(C)(C)F)n2cc(-c3ccc(OC(C)(C)P)cc3)cnc12. The molecule has 0 fully saturated rings. The van der Waals surface area contributed by atoms with Gasteiger partial charge in [0.15, 0.2) is 17.1 Å². The highest BCUT2D eigenvalue weighted by atomic mass is 31.0. The van der Waals surface area contributed by atoms with Gasteiger partial charge in [0.1, 0.15) is 11.1 Å². The molecule has 0 aliphatic heterocycles. The molecule has 132 valence electrons. The van der Waals surface area contributed by atoms with Gasteiger partial charge < -0.3 is 4.74 Å². The van der Waals surface area contributed by atoms with Gasteiger partial charge in [-0.05, 0) is 52.3 Å². The Bertz CT molecular complexity index is 905. The van der Waals surface area contributed by atoms with Crippen LogP contribution in [0, 0.1) is 6.92 Å².